The molecule has 0 saturated carbocycles. The highest BCUT2D eigenvalue weighted by atomic mass is 16.5. The van der Waals surface area contributed by atoms with Crippen molar-refractivity contribution < 1.29 is 19.1 Å². The Bertz CT molecular complexity index is 847. The SMILES string of the molecule is COc1ccc([C@]2(C)NC(=O)N(Cc3cc(C)ccc3OC)C2=O)cc1. The Kier molecular flexibility index (Phi) is 4.59. The van der Waals surface area contributed by atoms with Crippen LogP contribution in [0, 0.1) is 6.92 Å². The van der Waals surface area contributed by atoms with Gasteiger partial charge in [-0.1, -0.05) is 29.8 Å². The smallest absolute Gasteiger partial charge is 0.325 e. The molecule has 0 bridgehead atoms. The molecule has 3 amide bonds. The standard InChI is InChI=1S/C20H22N2O4/c1-13-5-10-17(26-4)14(11-13)12-22-18(23)20(2,21-19(22)24)15-6-8-16(25-3)9-7-15/h5-11H,12H2,1-4H3,(H,21,24)/t20-/m0/s1. The minimum atomic E-state index is -1.11. The van der Waals surface area contributed by atoms with Crippen molar-refractivity contribution in [2.45, 2.75) is 25.9 Å². The fraction of sp³-hybridized carbons (Fsp3) is 0.300. The van der Waals surface area contributed by atoms with Crippen LogP contribution in [0.2, 0.25) is 0 Å². The van der Waals surface area contributed by atoms with Gasteiger partial charge in [0, 0.05) is 5.56 Å². The largest absolute Gasteiger partial charge is 0.497 e. The monoisotopic (exact) mass is 354 g/mol. The van der Waals surface area contributed by atoms with Crippen molar-refractivity contribution in [3.8, 4) is 11.5 Å². The summed E-state index contributed by atoms with van der Waals surface area (Å²) in [6, 6.07) is 12.4. The lowest BCUT2D eigenvalue weighted by molar-refractivity contribution is -0.131. The minimum Gasteiger partial charge on any atom is -0.497 e. The predicted molar refractivity (Wildman–Crippen MR) is 97.2 cm³/mol. The molecule has 0 radical (unpaired) electrons. The third-order valence-corrected chi connectivity index (χ3v) is 4.71. The molecule has 1 saturated heterocycles. The zero-order chi connectivity index (χ0) is 18.9. The summed E-state index contributed by atoms with van der Waals surface area (Å²) in [5.74, 6) is 1.04. The Morgan fingerprint density at radius 3 is 2.35 bits per heavy atom. The quantitative estimate of drug-likeness (QED) is 0.838. The van der Waals surface area contributed by atoms with Crippen molar-refractivity contribution in [2.24, 2.45) is 0 Å². The van der Waals surface area contributed by atoms with Crippen LogP contribution >= 0.6 is 0 Å². The van der Waals surface area contributed by atoms with Gasteiger partial charge in [-0.2, -0.15) is 0 Å². The number of hydrogen-bond acceptors (Lipinski definition) is 4. The first-order valence-corrected chi connectivity index (χ1v) is 8.31. The summed E-state index contributed by atoms with van der Waals surface area (Å²) in [6.45, 7) is 3.82. The number of amides is 3. The molecule has 0 unspecified atom stereocenters. The normalized spacial score (nSPS) is 19.5. The molecule has 1 N–H and O–H groups in total. The summed E-state index contributed by atoms with van der Waals surface area (Å²) in [4.78, 5) is 26.8. The number of carbonyl (C=O) groups excluding carboxylic acids is 2. The second-order valence-electron chi connectivity index (χ2n) is 6.49. The lowest BCUT2D eigenvalue weighted by Gasteiger charge is -2.22. The molecule has 1 aliphatic rings. The van der Waals surface area contributed by atoms with E-state index >= 15 is 0 Å². The second-order valence-corrected chi connectivity index (χ2v) is 6.49. The number of aryl methyl sites for hydroxylation is 1. The fourth-order valence-corrected chi connectivity index (χ4v) is 3.16. The average molecular weight is 354 g/mol. The number of imide groups is 1. The van der Waals surface area contributed by atoms with E-state index in [1.807, 2.05) is 25.1 Å². The Balaban J connectivity index is 1.90. The van der Waals surface area contributed by atoms with Crippen LogP contribution in [0.3, 0.4) is 0 Å². The maximum absolute atomic E-state index is 13.1. The number of nitrogens with zero attached hydrogens (tertiary/aromatic N) is 1. The van der Waals surface area contributed by atoms with Crippen LogP contribution in [0.25, 0.3) is 0 Å². The maximum Gasteiger partial charge on any atom is 0.325 e. The fourth-order valence-electron chi connectivity index (χ4n) is 3.16. The Morgan fingerprint density at radius 2 is 1.73 bits per heavy atom. The van der Waals surface area contributed by atoms with Gasteiger partial charge in [-0.15, -0.1) is 0 Å². The zero-order valence-electron chi connectivity index (χ0n) is 15.3. The van der Waals surface area contributed by atoms with E-state index in [0.717, 1.165) is 11.1 Å². The van der Waals surface area contributed by atoms with Crippen molar-refractivity contribution in [1.29, 1.82) is 0 Å². The van der Waals surface area contributed by atoms with E-state index < -0.39 is 11.6 Å². The van der Waals surface area contributed by atoms with Crippen LogP contribution in [-0.2, 0) is 16.9 Å². The molecular formula is C20H22N2O4. The van der Waals surface area contributed by atoms with Crippen molar-refractivity contribution in [3.63, 3.8) is 0 Å². The lowest BCUT2D eigenvalue weighted by Crippen LogP contribution is -2.40. The van der Waals surface area contributed by atoms with E-state index in [1.165, 1.54) is 4.90 Å². The molecule has 0 aromatic heterocycles. The number of nitrogens with one attached hydrogen (secondary N) is 1. The van der Waals surface area contributed by atoms with Crippen LogP contribution in [0.1, 0.15) is 23.6 Å². The molecule has 136 valence electrons. The zero-order valence-corrected chi connectivity index (χ0v) is 15.3. The van der Waals surface area contributed by atoms with Crippen molar-refractivity contribution >= 4 is 11.9 Å². The highest BCUT2D eigenvalue weighted by Gasteiger charge is 2.49. The third kappa shape index (κ3) is 2.98. The van der Waals surface area contributed by atoms with Crippen LogP contribution < -0.4 is 14.8 Å². The van der Waals surface area contributed by atoms with Crippen LogP contribution in [-0.4, -0.2) is 31.1 Å². The highest BCUT2D eigenvalue weighted by Crippen LogP contribution is 2.32. The maximum atomic E-state index is 13.1. The number of ether oxygens (including phenoxy) is 2. The summed E-state index contributed by atoms with van der Waals surface area (Å²) >= 11 is 0. The van der Waals surface area contributed by atoms with Crippen molar-refractivity contribution in [2.75, 3.05) is 14.2 Å². The number of benzene rings is 2. The third-order valence-electron chi connectivity index (χ3n) is 4.71. The van der Waals surface area contributed by atoms with Gasteiger partial charge in [0.05, 0.1) is 20.8 Å². The lowest BCUT2D eigenvalue weighted by atomic mass is 9.92. The van der Waals surface area contributed by atoms with Crippen LogP contribution in [0.15, 0.2) is 42.5 Å². The van der Waals surface area contributed by atoms with Gasteiger partial charge in [-0.3, -0.25) is 9.69 Å². The van der Waals surface area contributed by atoms with E-state index in [4.69, 9.17) is 9.47 Å². The number of urea groups is 1. The first-order chi connectivity index (χ1) is 12.4. The Labute approximate surface area is 152 Å². The average Bonchev–Trinajstić information content (AvgIpc) is 2.86. The molecule has 0 spiro atoms. The molecular weight excluding hydrogens is 332 g/mol. The molecule has 0 aliphatic carbocycles. The van der Waals surface area contributed by atoms with Gasteiger partial charge in [-0.05, 0) is 37.6 Å². The molecule has 6 nitrogen and oxygen atoms in total. The summed E-state index contributed by atoms with van der Waals surface area (Å²) in [5, 5.41) is 2.81. The van der Waals surface area contributed by atoms with Gasteiger partial charge in [0.25, 0.3) is 5.91 Å². The van der Waals surface area contributed by atoms with Crippen LogP contribution in [0.4, 0.5) is 4.79 Å². The molecule has 3 rings (SSSR count). The summed E-state index contributed by atoms with van der Waals surface area (Å²) < 4.78 is 10.5. The number of carbonyl (C=O) groups is 2. The highest BCUT2D eigenvalue weighted by molar-refractivity contribution is 6.07. The van der Waals surface area contributed by atoms with Crippen molar-refractivity contribution in [3.05, 3.63) is 59.2 Å². The summed E-state index contributed by atoms with van der Waals surface area (Å²) in [6.07, 6.45) is 0. The second kappa shape index (κ2) is 6.71. The topological polar surface area (TPSA) is 67.9 Å². The van der Waals surface area contributed by atoms with E-state index in [-0.39, 0.29) is 12.5 Å². The van der Waals surface area contributed by atoms with Gasteiger partial charge >= 0.3 is 6.03 Å². The van der Waals surface area contributed by atoms with E-state index in [1.54, 1.807) is 45.4 Å². The van der Waals surface area contributed by atoms with Gasteiger partial charge in [-0.25, -0.2) is 4.79 Å². The summed E-state index contributed by atoms with van der Waals surface area (Å²) in [7, 11) is 3.15. The molecule has 2 aromatic carbocycles. The molecule has 2 aromatic rings. The molecule has 6 heteroatoms. The van der Waals surface area contributed by atoms with E-state index in [9.17, 15) is 9.59 Å². The molecule has 1 atom stereocenters. The summed E-state index contributed by atoms with van der Waals surface area (Å²) in [5.41, 5.74) is 1.41. The molecule has 1 heterocycles. The minimum absolute atomic E-state index is 0.154. The van der Waals surface area contributed by atoms with Gasteiger partial charge < -0.3 is 14.8 Å². The number of hydrogen-bond donors (Lipinski definition) is 1. The van der Waals surface area contributed by atoms with Gasteiger partial charge in [0.2, 0.25) is 0 Å². The molecule has 1 fully saturated rings. The van der Waals surface area contributed by atoms with Gasteiger partial charge in [0.15, 0.2) is 0 Å². The van der Waals surface area contributed by atoms with E-state index in [0.29, 0.717) is 17.1 Å². The van der Waals surface area contributed by atoms with Gasteiger partial charge in [0.1, 0.15) is 17.0 Å². The number of methoxy groups -OCH3 is 2. The Morgan fingerprint density at radius 1 is 1.04 bits per heavy atom. The Hall–Kier alpha value is -3.02. The molecule has 1 aliphatic heterocycles. The molecule has 26 heavy (non-hydrogen) atoms. The van der Waals surface area contributed by atoms with Crippen LogP contribution in [0.5, 0.6) is 11.5 Å². The first-order valence-electron chi connectivity index (χ1n) is 8.31. The predicted octanol–water partition coefficient (Wildman–Crippen LogP) is 2.98. The van der Waals surface area contributed by atoms with E-state index in [2.05, 4.69) is 5.32 Å². The number of rotatable bonds is 5. The first kappa shape index (κ1) is 17.8. The van der Waals surface area contributed by atoms with Crippen molar-refractivity contribution in [1.82, 2.24) is 10.2 Å².